The van der Waals surface area contributed by atoms with Crippen LogP contribution in [0, 0.1) is 13.8 Å². The lowest BCUT2D eigenvalue weighted by Gasteiger charge is -2.26. The molecule has 1 heterocycles. The smallest absolute Gasteiger partial charge is 0.136 e. The maximum atomic E-state index is 6.40. The molecule has 10 aromatic rings. The Morgan fingerprint density at radius 3 is 1.48 bits per heavy atom. The maximum Gasteiger partial charge on any atom is 0.136 e. The van der Waals surface area contributed by atoms with Crippen molar-refractivity contribution in [2.45, 2.75) is 13.8 Å². The van der Waals surface area contributed by atoms with E-state index in [1.165, 1.54) is 65.7 Å². The molecule has 246 valence electrons. The molecule has 10 rings (SSSR count). The number of anilines is 3. The fraction of sp³-hybridized carbons (Fsp3) is 0.0400. The van der Waals surface area contributed by atoms with E-state index in [0.717, 1.165) is 39.0 Å². The molecule has 0 aliphatic heterocycles. The summed E-state index contributed by atoms with van der Waals surface area (Å²) in [5, 5.41) is 9.67. The Labute approximate surface area is 302 Å². The van der Waals surface area contributed by atoms with Crippen molar-refractivity contribution >= 4 is 71.3 Å². The van der Waals surface area contributed by atoms with E-state index in [1.807, 2.05) is 6.07 Å². The van der Waals surface area contributed by atoms with Crippen LogP contribution in [0.25, 0.3) is 76.5 Å². The zero-order chi connectivity index (χ0) is 34.8. The molecule has 0 unspecified atom stereocenters. The first-order valence-electron chi connectivity index (χ1n) is 17.9. The van der Waals surface area contributed by atoms with E-state index < -0.39 is 0 Å². The molecule has 0 N–H and O–H groups in total. The summed E-state index contributed by atoms with van der Waals surface area (Å²) >= 11 is 0. The second kappa shape index (κ2) is 12.0. The van der Waals surface area contributed by atoms with E-state index in [-0.39, 0.29) is 0 Å². The van der Waals surface area contributed by atoms with Gasteiger partial charge in [-0.25, -0.2) is 0 Å². The lowest BCUT2D eigenvalue weighted by molar-refractivity contribution is 0.669. The standard InChI is InChI=1S/C50H35NO/c1-32-18-24-37(25-19-32)51(38-26-20-33(2)21-27-38)39-28-22-34(23-29-39)48-40-12-5-6-13-41(40)49(45-31-36-11-4-3-10-35(36)30-44(45)48)43-15-9-17-47-50(43)42-14-7-8-16-46(42)52-47/h3-31H,1-2H3. The van der Waals surface area contributed by atoms with Gasteiger partial charge in [-0.05, 0) is 129 Å². The Hall–Kier alpha value is -6.64. The number of hydrogen-bond acceptors (Lipinski definition) is 2. The van der Waals surface area contributed by atoms with Crippen molar-refractivity contribution in [1.29, 1.82) is 0 Å². The molecule has 0 saturated heterocycles. The largest absolute Gasteiger partial charge is 0.456 e. The van der Waals surface area contributed by atoms with E-state index in [2.05, 4.69) is 189 Å². The summed E-state index contributed by atoms with van der Waals surface area (Å²) in [5.74, 6) is 0. The highest BCUT2D eigenvalue weighted by molar-refractivity contribution is 6.27. The molecule has 2 nitrogen and oxygen atoms in total. The molecule has 0 bridgehead atoms. The zero-order valence-corrected chi connectivity index (χ0v) is 29.1. The van der Waals surface area contributed by atoms with E-state index >= 15 is 0 Å². The average molecular weight is 666 g/mol. The van der Waals surface area contributed by atoms with Crippen LogP contribution in [-0.4, -0.2) is 0 Å². The van der Waals surface area contributed by atoms with Crippen molar-refractivity contribution < 1.29 is 4.42 Å². The highest BCUT2D eigenvalue weighted by atomic mass is 16.3. The van der Waals surface area contributed by atoms with Gasteiger partial charge in [-0.3, -0.25) is 0 Å². The minimum absolute atomic E-state index is 0.906. The molecule has 2 heteroatoms. The Kier molecular flexibility index (Phi) is 6.97. The molecular weight excluding hydrogens is 631 g/mol. The first kappa shape index (κ1) is 30.2. The van der Waals surface area contributed by atoms with Gasteiger partial charge in [0, 0.05) is 27.8 Å². The Bertz CT molecular complexity index is 2910. The second-order valence-corrected chi connectivity index (χ2v) is 13.9. The summed E-state index contributed by atoms with van der Waals surface area (Å²) in [7, 11) is 0. The lowest BCUT2D eigenvalue weighted by atomic mass is 9.84. The molecule has 0 amide bonds. The van der Waals surface area contributed by atoms with Gasteiger partial charge >= 0.3 is 0 Å². The van der Waals surface area contributed by atoms with Crippen LogP contribution >= 0.6 is 0 Å². The number of benzene rings is 9. The molecule has 9 aromatic carbocycles. The first-order valence-corrected chi connectivity index (χ1v) is 17.9. The topological polar surface area (TPSA) is 16.4 Å². The quantitative estimate of drug-likeness (QED) is 0.170. The SMILES string of the molecule is Cc1ccc(N(c2ccc(C)cc2)c2ccc(-c3c4ccccc4c(-c4cccc5oc6ccccc6c45)c4cc5ccccc5cc34)cc2)cc1. The third-order valence-corrected chi connectivity index (χ3v) is 10.6. The van der Waals surface area contributed by atoms with E-state index in [1.54, 1.807) is 0 Å². The third-order valence-electron chi connectivity index (χ3n) is 10.6. The van der Waals surface area contributed by atoms with E-state index in [9.17, 15) is 0 Å². The highest BCUT2D eigenvalue weighted by Crippen LogP contribution is 2.48. The van der Waals surface area contributed by atoms with Crippen LogP contribution in [0.3, 0.4) is 0 Å². The van der Waals surface area contributed by atoms with Crippen molar-refractivity contribution in [2.75, 3.05) is 4.90 Å². The van der Waals surface area contributed by atoms with Gasteiger partial charge in [0.05, 0.1) is 0 Å². The van der Waals surface area contributed by atoms with Gasteiger partial charge in [0.2, 0.25) is 0 Å². The van der Waals surface area contributed by atoms with Crippen molar-refractivity contribution in [3.05, 3.63) is 187 Å². The van der Waals surface area contributed by atoms with Gasteiger partial charge in [-0.15, -0.1) is 0 Å². The van der Waals surface area contributed by atoms with Crippen molar-refractivity contribution in [3.63, 3.8) is 0 Å². The third kappa shape index (κ3) is 4.87. The summed E-state index contributed by atoms with van der Waals surface area (Å²) in [6, 6.07) is 63.9. The van der Waals surface area contributed by atoms with Crippen LogP contribution in [0.15, 0.2) is 180 Å². The van der Waals surface area contributed by atoms with Crippen LogP contribution in [0.5, 0.6) is 0 Å². The molecule has 52 heavy (non-hydrogen) atoms. The molecule has 0 aliphatic rings. The fourth-order valence-electron chi connectivity index (χ4n) is 8.06. The number of fused-ring (bicyclic) bond motifs is 6. The molecule has 0 fully saturated rings. The first-order chi connectivity index (χ1) is 25.6. The predicted octanol–water partition coefficient (Wildman–Crippen LogP) is 14.5. The Balaban J connectivity index is 1.24. The number of furan rings is 1. The summed E-state index contributed by atoms with van der Waals surface area (Å²) < 4.78 is 6.40. The van der Waals surface area contributed by atoms with Crippen LogP contribution in [-0.2, 0) is 0 Å². The minimum atomic E-state index is 0.906. The summed E-state index contributed by atoms with van der Waals surface area (Å²) in [6.45, 7) is 4.27. The highest BCUT2D eigenvalue weighted by Gasteiger charge is 2.21. The average Bonchev–Trinajstić information content (AvgIpc) is 3.57. The zero-order valence-electron chi connectivity index (χ0n) is 29.1. The molecule has 0 atom stereocenters. The van der Waals surface area contributed by atoms with Gasteiger partial charge < -0.3 is 9.32 Å². The van der Waals surface area contributed by atoms with Crippen LogP contribution in [0.1, 0.15) is 11.1 Å². The summed E-state index contributed by atoms with van der Waals surface area (Å²) in [5.41, 5.74) is 12.5. The van der Waals surface area contributed by atoms with Gasteiger partial charge in [0.1, 0.15) is 11.2 Å². The van der Waals surface area contributed by atoms with Crippen molar-refractivity contribution in [1.82, 2.24) is 0 Å². The Morgan fingerprint density at radius 1 is 0.385 bits per heavy atom. The molecule has 1 aromatic heterocycles. The van der Waals surface area contributed by atoms with Crippen LogP contribution in [0.2, 0.25) is 0 Å². The van der Waals surface area contributed by atoms with Gasteiger partial charge in [0.25, 0.3) is 0 Å². The summed E-state index contributed by atoms with van der Waals surface area (Å²) in [6.07, 6.45) is 0. The van der Waals surface area contributed by atoms with E-state index in [0.29, 0.717) is 0 Å². The molecule has 0 aliphatic carbocycles. The number of aryl methyl sites for hydroxylation is 2. The number of para-hydroxylation sites is 1. The van der Waals surface area contributed by atoms with Crippen molar-refractivity contribution in [2.24, 2.45) is 0 Å². The molecular formula is C50H35NO. The number of hydrogen-bond donors (Lipinski definition) is 0. The van der Waals surface area contributed by atoms with Gasteiger partial charge in [-0.1, -0.05) is 126 Å². The molecule has 0 radical (unpaired) electrons. The van der Waals surface area contributed by atoms with Gasteiger partial charge in [-0.2, -0.15) is 0 Å². The Morgan fingerprint density at radius 2 is 0.865 bits per heavy atom. The predicted molar refractivity (Wildman–Crippen MR) is 221 cm³/mol. The maximum absolute atomic E-state index is 6.40. The monoisotopic (exact) mass is 665 g/mol. The fourth-order valence-corrected chi connectivity index (χ4v) is 8.06. The number of nitrogens with zero attached hydrogens (tertiary/aromatic N) is 1. The van der Waals surface area contributed by atoms with Gasteiger partial charge in [0.15, 0.2) is 0 Å². The van der Waals surface area contributed by atoms with E-state index in [4.69, 9.17) is 4.42 Å². The molecule has 0 saturated carbocycles. The van der Waals surface area contributed by atoms with Crippen LogP contribution < -0.4 is 4.90 Å². The van der Waals surface area contributed by atoms with Crippen molar-refractivity contribution in [3.8, 4) is 22.3 Å². The molecule has 0 spiro atoms. The second-order valence-electron chi connectivity index (χ2n) is 13.9. The minimum Gasteiger partial charge on any atom is -0.456 e. The summed E-state index contributed by atoms with van der Waals surface area (Å²) in [4.78, 5) is 2.34. The lowest BCUT2D eigenvalue weighted by Crippen LogP contribution is -2.09. The number of rotatable bonds is 5. The normalized spacial score (nSPS) is 11.7. The van der Waals surface area contributed by atoms with Crippen LogP contribution in [0.4, 0.5) is 17.1 Å².